The predicted octanol–water partition coefficient (Wildman–Crippen LogP) is 5.44. The highest BCUT2D eigenvalue weighted by Crippen LogP contribution is 2.42. The van der Waals surface area contributed by atoms with Crippen molar-refractivity contribution >= 4 is 18.3 Å². The molecule has 0 aliphatic heterocycles. The van der Waals surface area contributed by atoms with Crippen molar-refractivity contribution in [2.45, 2.75) is 20.3 Å². The average molecular weight is 368 g/mol. The van der Waals surface area contributed by atoms with Crippen LogP contribution in [0.4, 0.5) is 4.79 Å². The SMILES string of the molecule is COc1cc(C=Cc2ccccc2)c(OC(=O)O)c(OC)c1CC=C(C)C. The molecule has 0 heterocycles. The highest BCUT2D eigenvalue weighted by molar-refractivity contribution is 5.79. The largest absolute Gasteiger partial charge is 0.511 e. The Morgan fingerprint density at radius 1 is 1.04 bits per heavy atom. The Hall–Kier alpha value is -3.21. The van der Waals surface area contributed by atoms with E-state index in [-0.39, 0.29) is 5.75 Å². The van der Waals surface area contributed by atoms with E-state index >= 15 is 0 Å². The summed E-state index contributed by atoms with van der Waals surface area (Å²) in [5.74, 6) is 1.10. The molecule has 0 bridgehead atoms. The molecule has 2 rings (SSSR count). The summed E-state index contributed by atoms with van der Waals surface area (Å²) in [7, 11) is 3.06. The van der Waals surface area contributed by atoms with E-state index in [1.54, 1.807) is 19.3 Å². The summed E-state index contributed by atoms with van der Waals surface area (Å²) < 4.78 is 16.1. The fourth-order valence-corrected chi connectivity index (χ4v) is 2.64. The molecule has 0 aliphatic carbocycles. The van der Waals surface area contributed by atoms with Gasteiger partial charge in [-0.2, -0.15) is 0 Å². The molecule has 0 saturated carbocycles. The number of hydrogen-bond donors (Lipinski definition) is 1. The maximum absolute atomic E-state index is 11.3. The van der Waals surface area contributed by atoms with Crippen LogP contribution in [0.1, 0.15) is 30.5 Å². The molecule has 142 valence electrons. The zero-order valence-electron chi connectivity index (χ0n) is 16.0. The van der Waals surface area contributed by atoms with Gasteiger partial charge in [0.15, 0.2) is 11.5 Å². The maximum atomic E-state index is 11.3. The van der Waals surface area contributed by atoms with E-state index in [4.69, 9.17) is 14.2 Å². The third-order valence-corrected chi connectivity index (χ3v) is 3.91. The zero-order chi connectivity index (χ0) is 19.8. The molecular formula is C22H24O5. The second kappa shape index (κ2) is 9.48. The van der Waals surface area contributed by atoms with Gasteiger partial charge in [-0.3, -0.25) is 0 Å². The van der Waals surface area contributed by atoms with Gasteiger partial charge in [-0.05, 0) is 31.9 Å². The maximum Gasteiger partial charge on any atom is 0.511 e. The van der Waals surface area contributed by atoms with Gasteiger partial charge >= 0.3 is 6.16 Å². The van der Waals surface area contributed by atoms with Crippen molar-refractivity contribution in [1.82, 2.24) is 0 Å². The quantitative estimate of drug-likeness (QED) is 0.305. The lowest BCUT2D eigenvalue weighted by molar-refractivity contribution is 0.142. The number of hydrogen-bond acceptors (Lipinski definition) is 4. The van der Waals surface area contributed by atoms with Crippen LogP contribution in [-0.2, 0) is 6.42 Å². The summed E-state index contributed by atoms with van der Waals surface area (Å²) in [5, 5.41) is 9.19. The standard InChI is InChI=1S/C22H24O5/c1-15(2)10-13-18-19(25-3)14-17(12-11-16-8-6-5-7-9-16)20(21(18)26-4)27-22(23)24/h5-12,14H,13H2,1-4H3,(H,23,24). The fraction of sp³-hybridized carbons (Fsp3) is 0.227. The van der Waals surface area contributed by atoms with Crippen molar-refractivity contribution in [3.05, 3.63) is 64.7 Å². The molecule has 0 aromatic heterocycles. The van der Waals surface area contributed by atoms with Crippen LogP contribution in [0, 0.1) is 0 Å². The van der Waals surface area contributed by atoms with Crippen LogP contribution < -0.4 is 14.2 Å². The van der Waals surface area contributed by atoms with Crippen LogP contribution >= 0.6 is 0 Å². The number of benzene rings is 2. The van der Waals surface area contributed by atoms with Gasteiger partial charge < -0.3 is 19.3 Å². The van der Waals surface area contributed by atoms with Crippen LogP contribution in [-0.4, -0.2) is 25.5 Å². The van der Waals surface area contributed by atoms with Gasteiger partial charge in [-0.25, -0.2) is 4.79 Å². The summed E-state index contributed by atoms with van der Waals surface area (Å²) in [6.45, 7) is 3.98. The Kier molecular flexibility index (Phi) is 7.06. The molecular weight excluding hydrogens is 344 g/mol. The number of rotatable bonds is 7. The minimum Gasteiger partial charge on any atom is -0.496 e. The van der Waals surface area contributed by atoms with Crippen molar-refractivity contribution in [1.29, 1.82) is 0 Å². The van der Waals surface area contributed by atoms with Gasteiger partial charge in [0.1, 0.15) is 5.75 Å². The first-order valence-electron chi connectivity index (χ1n) is 8.51. The molecule has 27 heavy (non-hydrogen) atoms. The van der Waals surface area contributed by atoms with E-state index in [9.17, 15) is 9.90 Å². The van der Waals surface area contributed by atoms with Gasteiger partial charge in [0, 0.05) is 11.1 Å². The predicted molar refractivity (Wildman–Crippen MR) is 107 cm³/mol. The second-order valence-electron chi connectivity index (χ2n) is 6.11. The second-order valence-corrected chi connectivity index (χ2v) is 6.11. The lowest BCUT2D eigenvalue weighted by Crippen LogP contribution is -2.08. The fourth-order valence-electron chi connectivity index (χ4n) is 2.64. The summed E-state index contributed by atoms with van der Waals surface area (Å²) in [6, 6.07) is 11.4. The first-order valence-corrected chi connectivity index (χ1v) is 8.51. The van der Waals surface area contributed by atoms with E-state index in [0.717, 1.165) is 16.7 Å². The summed E-state index contributed by atoms with van der Waals surface area (Å²) in [4.78, 5) is 11.3. The van der Waals surface area contributed by atoms with Crippen molar-refractivity contribution in [2.24, 2.45) is 0 Å². The summed E-state index contributed by atoms with van der Waals surface area (Å²) in [6.07, 6.45) is 4.81. The highest BCUT2D eigenvalue weighted by atomic mass is 16.7. The Bertz CT molecular complexity index is 847. The topological polar surface area (TPSA) is 65.0 Å². The van der Waals surface area contributed by atoms with Crippen LogP contribution in [0.25, 0.3) is 12.2 Å². The number of ether oxygens (including phenoxy) is 3. The average Bonchev–Trinajstić information content (AvgIpc) is 2.65. The Morgan fingerprint density at radius 3 is 2.30 bits per heavy atom. The number of carbonyl (C=O) groups is 1. The lowest BCUT2D eigenvalue weighted by Gasteiger charge is -2.17. The summed E-state index contributed by atoms with van der Waals surface area (Å²) >= 11 is 0. The van der Waals surface area contributed by atoms with Gasteiger partial charge in [0.25, 0.3) is 0 Å². The monoisotopic (exact) mass is 368 g/mol. The first-order chi connectivity index (χ1) is 13.0. The van der Waals surface area contributed by atoms with Gasteiger partial charge in [0.2, 0.25) is 0 Å². The van der Waals surface area contributed by atoms with Crippen LogP contribution in [0.5, 0.6) is 17.2 Å². The molecule has 0 aliphatic rings. The van der Waals surface area contributed by atoms with E-state index in [1.807, 2.05) is 56.3 Å². The van der Waals surface area contributed by atoms with E-state index < -0.39 is 6.16 Å². The Balaban J connectivity index is 2.62. The molecule has 0 saturated heterocycles. The zero-order valence-corrected chi connectivity index (χ0v) is 16.0. The van der Waals surface area contributed by atoms with Crippen molar-refractivity contribution in [3.63, 3.8) is 0 Å². The highest BCUT2D eigenvalue weighted by Gasteiger charge is 2.21. The molecule has 0 unspecified atom stereocenters. The Labute approximate surface area is 159 Å². The van der Waals surface area contributed by atoms with Crippen molar-refractivity contribution in [3.8, 4) is 17.2 Å². The molecule has 5 nitrogen and oxygen atoms in total. The molecule has 0 fully saturated rings. The molecule has 0 atom stereocenters. The van der Waals surface area contributed by atoms with Crippen molar-refractivity contribution < 1.29 is 24.1 Å². The van der Waals surface area contributed by atoms with Crippen molar-refractivity contribution in [2.75, 3.05) is 14.2 Å². The van der Waals surface area contributed by atoms with Gasteiger partial charge in [-0.15, -0.1) is 0 Å². The first kappa shape index (κ1) is 20.1. The molecule has 0 radical (unpaired) electrons. The molecule has 5 heteroatoms. The van der Waals surface area contributed by atoms with Crippen LogP contribution in [0.2, 0.25) is 0 Å². The third kappa shape index (κ3) is 5.38. The van der Waals surface area contributed by atoms with E-state index in [0.29, 0.717) is 23.5 Å². The van der Waals surface area contributed by atoms with E-state index in [2.05, 4.69) is 0 Å². The molecule has 0 spiro atoms. The van der Waals surface area contributed by atoms with Crippen LogP contribution in [0.15, 0.2) is 48.0 Å². The molecule has 2 aromatic rings. The minimum atomic E-state index is -1.40. The smallest absolute Gasteiger partial charge is 0.496 e. The number of allylic oxidation sites excluding steroid dienone is 2. The number of carboxylic acid groups (broad SMARTS) is 1. The number of methoxy groups -OCH3 is 2. The minimum absolute atomic E-state index is 0.148. The van der Waals surface area contributed by atoms with Gasteiger partial charge in [-0.1, -0.05) is 54.1 Å². The lowest BCUT2D eigenvalue weighted by atomic mass is 10.0. The normalized spacial score (nSPS) is 10.5. The third-order valence-electron chi connectivity index (χ3n) is 3.91. The van der Waals surface area contributed by atoms with E-state index in [1.165, 1.54) is 7.11 Å². The van der Waals surface area contributed by atoms with Crippen LogP contribution in [0.3, 0.4) is 0 Å². The molecule has 2 aromatic carbocycles. The molecule has 1 N–H and O–H groups in total. The van der Waals surface area contributed by atoms with Gasteiger partial charge in [0.05, 0.1) is 14.2 Å². The Morgan fingerprint density at radius 2 is 1.74 bits per heavy atom. The summed E-state index contributed by atoms with van der Waals surface area (Å²) in [5.41, 5.74) is 3.39. The molecule has 0 amide bonds.